The standard InChI is InChI=1S/C14H13N3/c1-17(11-6-7-11)14-8-10(9-15)12-4-2-3-5-13(12)16-14/h2-5,8,11H,6-7H2,1H3. The van der Waals surface area contributed by atoms with Crippen molar-refractivity contribution in [3.63, 3.8) is 0 Å². The molecule has 1 aromatic carbocycles. The predicted molar refractivity (Wildman–Crippen MR) is 67.9 cm³/mol. The van der Waals surface area contributed by atoms with Crippen molar-refractivity contribution in [1.82, 2.24) is 4.98 Å². The van der Waals surface area contributed by atoms with E-state index >= 15 is 0 Å². The number of hydrogen-bond donors (Lipinski definition) is 0. The Balaban J connectivity index is 2.17. The van der Waals surface area contributed by atoms with Crippen LogP contribution >= 0.6 is 0 Å². The molecule has 0 aliphatic heterocycles. The molecule has 0 bridgehead atoms. The molecule has 1 aromatic heterocycles. The molecular formula is C14H13N3. The Morgan fingerprint density at radius 2 is 2.12 bits per heavy atom. The molecule has 1 fully saturated rings. The average Bonchev–Trinajstić information content (AvgIpc) is 3.20. The van der Waals surface area contributed by atoms with Crippen LogP contribution in [0.5, 0.6) is 0 Å². The number of aromatic nitrogens is 1. The Morgan fingerprint density at radius 3 is 2.82 bits per heavy atom. The summed E-state index contributed by atoms with van der Waals surface area (Å²) in [6, 6.07) is 12.6. The molecule has 3 nitrogen and oxygen atoms in total. The van der Waals surface area contributed by atoms with Gasteiger partial charge in [-0.05, 0) is 25.0 Å². The van der Waals surface area contributed by atoms with Gasteiger partial charge in [0.15, 0.2) is 0 Å². The Labute approximate surface area is 100 Å². The summed E-state index contributed by atoms with van der Waals surface area (Å²) < 4.78 is 0. The van der Waals surface area contributed by atoms with Crippen LogP contribution in [-0.4, -0.2) is 18.1 Å². The van der Waals surface area contributed by atoms with Gasteiger partial charge in [-0.25, -0.2) is 4.98 Å². The number of hydrogen-bond acceptors (Lipinski definition) is 3. The van der Waals surface area contributed by atoms with Crippen LogP contribution in [0.3, 0.4) is 0 Å². The number of anilines is 1. The number of rotatable bonds is 2. The lowest BCUT2D eigenvalue weighted by molar-refractivity contribution is 0.896. The smallest absolute Gasteiger partial charge is 0.130 e. The van der Waals surface area contributed by atoms with Crippen LogP contribution < -0.4 is 4.90 Å². The highest BCUT2D eigenvalue weighted by atomic mass is 15.2. The molecule has 1 aliphatic rings. The van der Waals surface area contributed by atoms with E-state index in [2.05, 4.69) is 23.0 Å². The lowest BCUT2D eigenvalue weighted by Gasteiger charge is -2.18. The maximum Gasteiger partial charge on any atom is 0.130 e. The number of nitrogens with zero attached hydrogens (tertiary/aromatic N) is 3. The number of para-hydroxylation sites is 1. The normalized spacial score (nSPS) is 14.6. The Hall–Kier alpha value is -2.08. The molecule has 0 amide bonds. The van der Waals surface area contributed by atoms with Gasteiger partial charge in [0.25, 0.3) is 0 Å². The van der Waals surface area contributed by atoms with Crippen LogP contribution in [0, 0.1) is 11.3 Å². The van der Waals surface area contributed by atoms with E-state index < -0.39 is 0 Å². The summed E-state index contributed by atoms with van der Waals surface area (Å²) in [6.45, 7) is 0. The molecule has 1 heterocycles. The lowest BCUT2D eigenvalue weighted by Crippen LogP contribution is -2.20. The molecule has 0 N–H and O–H groups in total. The van der Waals surface area contributed by atoms with Crippen LogP contribution in [-0.2, 0) is 0 Å². The van der Waals surface area contributed by atoms with Gasteiger partial charge in [-0.15, -0.1) is 0 Å². The van der Waals surface area contributed by atoms with E-state index in [9.17, 15) is 5.26 Å². The summed E-state index contributed by atoms with van der Waals surface area (Å²) in [5.74, 6) is 0.905. The summed E-state index contributed by atoms with van der Waals surface area (Å²) in [7, 11) is 2.05. The fourth-order valence-electron chi connectivity index (χ4n) is 2.08. The van der Waals surface area contributed by atoms with Crippen LogP contribution in [0.1, 0.15) is 18.4 Å². The number of fused-ring (bicyclic) bond motifs is 1. The van der Waals surface area contributed by atoms with Crippen molar-refractivity contribution >= 4 is 16.7 Å². The molecule has 0 spiro atoms. The predicted octanol–water partition coefficient (Wildman–Crippen LogP) is 2.71. The van der Waals surface area contributed by atoms with Crippen molar-refractivity contribution in [1.29, 1.82) is 5.26 Å². The van der Waals surface area contributed by atoms with Gasteiger partial charge >= 0.3 is 0 Å². The summed E-state index contributed by atoms with van der Waals surface area (Å²) in [6.07, 6.45) is 2.46. The van der Waals surface area contributed by atoms with Gasteiger partial charge in [-0.2, -0.15) is 5.26 Å². The highest BCUT2D eigenvalue weighted by Gasteiger charge is 2.27. The van der Waals surface area contributed by atoms with E-state index in [0.29, 0.717) is 11.6 Å². The minimum absolute atomic E-state index is 0.607. The number of benzene rings is 1. The second-order valence-electron chi connectivity index (χ2n) is 4.50. The Morgan fingerprint density at radius 1 is 1.35 bits per heavy atom. The molecule has 0 radical (unpaired) electrons. The lowest BCUT2D eigenvalue weighted by atomic mass is 10.1. The first-order valence-corrected chi connectivity index (χ1v) is 5.82. The van der Waals surface area contributed by atoms with Crippen LogP contribution in [0.2, 0.25) is 0 Å². The first-order chi connectivity index (χ1) is 8.29. The molecular weight excluding hydrogens is 210 g/mol. The monoisotopic (exact) mass is 223 g/mol. The van der Waals surface area contributed by atoms with Gasteiger partial charge in [0.05, 0.1) is 17.1 Å². The third-order valence-corrected chi connectivity index (χ3v) is 3.28. The molecule has 0 unspecified atom stereocenters. The molecule has 3 heteroatoms. The average molecular weight is 223 g/mol. The maximum atomic E-state index is 9.20. The van der Waals surface area contributed by atoms with E-state index in [1.807, 2.05) is 30.3 Å². The van der Waals surface area contributed by atoms with E-state index in [1.165, 1.54) is 12.8 Å². The van der Waals surface area contributed by atoms with Crippen LogP contribution in [0.15, 0.2) is 30.3 Å². The molecule has 3 rings (SSSR count). The van der Waals surface area contributed by atoms with Crippen molar-refractivity contribution in [2.24, 2.45) is 0 Å². The van der Waals surface area contributed by atoms with Gasteiger partial charge in [0, 0.05) is 18.5 Å². The van der Waals surface area contributed by atoms with Crippen LogP contribution in [0.4, 0.5) is 5.82 Å². The zero-order valence-electron chi connectivity index (χ0n) is 9.72. The second-order valence-corrected chi connectivity index (χ2v) is 4.50. The topological polar surface area (TPSA) is 39.9 Å². The third kappa shape index (κ3) is 1.72. The molecule has 84 valence electrons. The SMILES string of the molecule is CN(c1cc(C#N)c2ccccc2n1)C1CC1. The first kappa shape index (κ1) is 10.1. The molecule has 1 aliphatic carbocycles. The zero-order valence-corrected chi connectivity index (χ0v) is 9.72. The van der Waals surface area contributed by atoms with Crippen molar-refractivity contribution in [2.75, 3.05) is 11.9 Å². The molecule has 17 heavy (non-hydrogen) atoms. The van der Waals surface area contributed by atoms with Gasteiger partial charge in [-0.3, -0.25) is 0 Å². The number of nitriles is 1. The third-order valence-electron chi connectivity index (χ3n) is 3.28. The van der Waals surface area contributed by atoms with Gasteiger partial charge in [0.1, 0.15) is 5.82 Å². The largest absolute Gasteiger partial charge is 0.357 e. The van der Waals surface area contributed by atoms with Crippen LogP contribution in [0.25, 0.3) is 10.9 Å². The number of pyridine rings is 1. The molecule has 0 atom stereocenters. The molecule has 2 aromatic rings. The summed E-state index contributed by atoms with van der Waals surface area (Å²) >= 11 is 0. The maximum absolute atomic E-state index is 9.20. The van der Waals surface area contributed by atoms with E-state index in [-0.39, 0.29) is 0 Å². The first-order valence-electron chi connectivity index (χ1n) is 5.82. The van der Waals surface area contributed by atoms with Gasteiger partial charge in [-0.1, -0.05) is 18.2 Å². The minimum Gasteiger partial charge on any atom is -0.357 e. The summed E-state index contributed by atoms with van der Waals surface area (Å²) in [5, 5.41) is 10.1. The van der Waals surface area contributed by atoms with E-state index in [4.69, 9.17) is 0 Å². The zero-order chi connectivity index (χ0) is 11.8. The highest BCUT2D eigenvalue weighted by Crippen LogP contribution is 2.31. The quantitative estimate of drug-likeness (QED) is 0.785. The van der Waals surface area contributed by atoms with Gasteiger partial charge < -0.3 is 4.90 Å². The van der Waals surface area contributed by atoms with Gasteiger partial charge in [0.2, 0.25) is 0 Å². The van der Waals surface area contributed by atoms with E-state index in [1.54, 1.807) is 0 Å². The molecule has 0 saturated heterocycles. The van der Waals surface area contributed by atoms with Crippen molar-refractivity contribution in [3.8, 4) is 6.07 Å². The van der Waals surface area contributed by atoms with Crippen molar-refractivity contribution in [3.05, 3.63) is 35.9 Å². The second kappa shape index (κ2) is 3.74. The highest BCUT2D eigenvalue weighted by molar-refractivity contribution is 5.86. The van der Waals surface area contributed by atoms with E-state index in [0.717, 1.165) is 16.7 Å². The molecule has 1 saturated carbocycles. The van der Waals surface area contributed by atoms with Crippen molar-refractivity contribution in [2.45, 2.75) is 18.9 Å². The summed E-state index contributed by atoms with van der Waals surface area (Å²) in [5.41, 5.74) is 1.60. The van der Waals surface area contributed by atoms with Crippen molar-refractivity contribution < 1.29 is 0 Å². The minimum atomic E-state index is 0.607. The Kier molecular flexibility index (Phi) is 2.22. The fourth-order valence-corrected chi connectivity index (χ4v) is 2.08. The fraction of sp³-hybridized carbons (Fsp3) is 0.286. The summed E-state index contributed by atoms with van der Waals surface area (Å²) in [4.78, 5) is 6.79. The Bertz CT molecular complexity index is 608.